The van der Waals surface area contributed by atoms with Crippen LogP contribution in [0.1, 0.15) is 24.2 Å². The molecule has 0 fully saturated rings. The minimum absolute atomic E-state index is 0.0354. The Kier molecular flexibility index (Phi) is 4.03. The summed E-state index contributed by atoms with van der Waals surface area (Å²) in [6, 6.07) is 3.85. The molecule has 0 saturated carbocycles. The maximum Gasteiger partial charge on any atom is 0.338 e. The zero-order valence-corrected chi connectivity index (χ0v) is 9.80. The average Bonchev–Trinajstić information content (AvgIpc) is 2.27. The van der Waals surface area contributed by atoms with E-state index in [1.807, 2.05) is 0 Å². The quantitative estimate of drug-likeness (QED) is 0.457. The standard InChI is InChI=1S/C11H13NO5/c1-7(2)17-11(13)8-4-5-9(12(14)15)10(6-8)16-3/h4-7H,1-3H3. The zero-order valence-electron chi connectivity index (χ0n) is 9.80. The fourth-order valence-electron chi connectivity index (χ4n) is 1.24. The molecule has 0 unspecified atom stereocenters. The number of nitro groups is 1. The van der Waals surface area contributed by atoms with Crippen LogP contribution < -0.4 is 4.74 Å². The maximum atomic E-state index is 11.6. The van der Waals surface area contributed by atoms with E-state index < -0.39 is 10.9 Å². The van der Waals surface area contributed by atoms with Crippen molar-refractivity contribution >= 4 is 11.7 Å². The summed E-state index contributed by atoms with van der Waals surface area (Å²) in [4.78, 5) is 21.6. The van der Waals surface area contributed by atoms with E-state index in [-0.39, 0.29) is 23.1 Å². The lowest BCUT2D eigenvalue weighted by molar-refractivity contribution is -0.385. The molecule has 0 radical (unpaired) electrons. The number of hydrogen-bond acceptors (Lipinski definition) is 5. The molecular weight excluding hydrogens is 226 g/mol. The molecule has 0 aliphatic rings. The van der Waals surface area contributed by atoms with Gasteiger partial charge in [-0.1, -0.05) is 0 Å². The molecule has 6 nitrogen and oxygen atoms in total. The summed E-state index contributed by atoms with van der Waals surface area (Å²) >= 11 is 0. The van der Waals surface area contributed by atoms with Crippen molar-refractivity contribution < 1.29 is 19.2 Å². The number of ether oxygens (including phenoxy) is 2. The van der Waals surface area contributed by atoms with Crippen molar-refractivity contribution in [2.75, 3.05) is 7.11 Å². The van der Waals surface area contributed by atoms with Gasteiger partial charge in [0, 0.05) is 12.1 Å². The largest absolute Gasteiger partial charge is 0.490 e. The van der Waals surface area contributed by atoms with Gasteiger partial charge in [-0.05, 0) is 19.9 Å². The van der Waals surface area contributed by atoms with Gasteiger partial charge in [0.25, 0.3) is 0 Å². The summed E-state index contributed by atoms with van der Waals surface area (Å²) in [7, 11) is 1.31. The van der Waals surface area contributed by atoms with Crippen LogP contribution in [-0.2, 0) is 4.74 Å². The van der Waals surface area contributed by atoms with E-state index >= 15 is 0 Å². The molecule has 0 N–H and O–H groups in total. The number of hydrogen-bond donors (Lipinski definition) is 0. The van der Waals surface area contributed by atoms with E-state index in [0.717, 1.165) is 0 Å². The van der Waals surface area contributed by atoms with Crippen molar-refractivity contribution in [1.29, 1.82) is 0 Å². The maximum absolute atomic E-state index is 11.6. The molecule has 17 heavy (non-hydrogen) atoms. The second kappa shape index (κ2) is 5.29. The van der Waals surface area contributed by atoms with Gasteiger partial charge in [0.15, 0.2) is 5.75 Å². The Labute approximate surface area is 98.3 Å². The Hall–Kier alpha value is -2.11. The molecule has 1 aromatic rings. The van der Waals surface area contributed by atoms with Crippen LogP contribution in [0.5, 0.6) is 5.75 Å². The second-order valence-electron chi connectivity index (χ2n) is 3.60. The smallest absolute Gasteiger partial charge is 0.338 e. The predicted octanol–water partition coefficient (Wildman–Crippen LogP) is 2.17. The molecule has 0 atom stereocenters. The molecule has 6 heteroatoms. The molecule has 0 spiro atoms. The Morgan fingerprint density at radius 3 is 2.53 bits per heavy atom. The van der Waals surface area contributed by atoms with Crippen molar-refractivity contribution in [2.24, 2.45) is 0 Å². The topological polar surface area (TPSA) is 78.7 Å². The van der Waals surface area contributed by atoms with Gasteiger partial charge in [-0.3, -0.25) is 10.1 Å². The second-order valence-corrected chi connectivity index (χ2v) is 3.60. The first kappa shape index (κ1) is 13.0. The predicted molar refractivity (Wildman–Crippen MR) is 60.2 cm³/mol. The van der Waals surface area contributed by atoms with Gasteiger partial charge in [0.05, 0.1) is 23.7 Å². The lowest BCUT2D eigenvalue weighted by Crippen LogP contribution is -2.11. The number of methoxy groups -OCH3 is 1. The molecule has 1 rings (SSSR count). The highest BCUT2D eigenvalue weighted by molar-refractivity contribution is 5.90. The summed E-state index contributed by atoms with van der Waals surface area (Å²) in [6.07, 6.45) is -0.247. The van der Waals surface area contributed by atoms with Crippen LogP contribution in [0.15, 0.2) is 18.2 Å². The van der Waals surface area contributed by atoms with Crippen molar-refractivity contribution in [3.05, 3.63) is 33.9 Å². The SMILES string of the molecule is COc1cc(C(=O)OC(C)C)ccc1[N+](=O)[O-]. The van der Waals surface area contributed by atoms with Crippen molar-refractivity contribution in [1.82, 2.24) is 0 Å². The molecule has 0 aliphatic heterocycles. The Balaban J connectivity index is 3.05. The molecule has 0 bridgehead atoms. The van der Waals surface area contributed by atoms with Gasteiger partial charge in [-0.25, -0.2) is 4.79 Å². The molecular formula is C11H13NO5. The van der Waals surface area contributed by atoms with Gasteiger partial charge in [-0.15, -0.1) is 0 Å². The summed E-state index contributed by atoms with van der Waals surface area (Å²) in [5.41, 5.74) is 0.0368. The summed E-state index contributed by atoms with van der Waals surface area (Å²) in [6.45, 7) is 3.45. The fraction of sp³-hybridized carbons (Fsp3) is 0.364. The van der Waals surface area contributed by atoms with Crippen molar-refractivity contribution in [2.45, 2.75) is 20.0 Å². The van der Waals surface area contributed by atoms with E-state index in [1.54, 1.807) is 13.8 Å². The van der Waals surface area contributed by atoms with E-state index in [9.17, 15) is 14.9 Å². The Morgan fingerprint density at radius 2 is 2.06 bits per heavy atom. The van der Waals surface area contributed by atoms with Gasteiger partial charge < -0.3 is 9.47 Å². The third-order valence-electron chi connectivity index (χ3n) is 1.95. The van der Waals surface area contributed by atoms with E-state index in [1.165, 1.54) is 25.3 Å². The summed E-state index contributed by atoms with van der Waals surface area (Å²) in [5, 5.41) is 10.6. The van der Waals surface area contributed by atoms with E-state index in [2.05, 4.69) is 0 Å². The molecule has 0 heterocycles. The number of esters is 1. The molecule has 0 saturated heterocycles. The van der Waals surface area contributed by atoms with Gasteiger partial charge in [-0.2, -0.15) is 0 Å². The zero-order chi connectivity index (χ0) is 13.0. The normalized spacial score (nSPS) is 10.1. The number of nitro benzene ring substituents is 1. The van der Waals surface area contributed by atoms with Crippen molar-refractivity contribution in [3.63, 3.8) is 0 Å². The highest BCUT2D eigenvalue weighted by Gasteiger charge is 2.18. The van der Waals surface area contributed by atoms with Crippen LogP contribution in [-0.4, -0.2) is 24.1 Å². The lowest BCUT2D eigenvalue weighted by Gasteiger charge is -2.08. The molecule has 0 aromatic heterocycles. The monoisotopic (exact) mass is 239 g/mol. The first-order chi connectivity index (χ1) is 7.95. The fourth-order valence-corrected chi connectivity index (χ4v) is 1.24. The van der Waals surface area contributed by atoms with Gasteiger partial charge >= 0.3 is 11.7 Å². The van der Waals surface area contributed by atoms with Crippen molar-refractivity contribution in [3.8, 4) is 5.75 Å². The Morgan fingerprint density at radius 1 is 1.41 bits per heavy atom. The van der Waals surface area contributed by atoms with Crippen LogP contribution in [0.4, 0.5) is 5.69 Å². The number of carbonyl (C=O) groups excluding carboxylic acids is 1. The Bertz CT molecular complexity index is 441. The third-order valence-corrected chi connectivity index (χ3v) is 1.95. The molecule has 0 amide bonds. The summed E-state index contributed by atoms with van der Waals surface area (Å²) < 4.78 is 9.82. The number of benzene rings is 1. The lowest BCUT2D eigenvalue weighted by atomic mass is 10.2. The van der Waals surface area contributed by atoms with Crippen LogP contribution in [0.2, 0.25) is 0 Å². The van der Waals surface area contributed by atoms with E-state index in [4.69, 9.17) is 9.47 Å². The third kappa shape index (κ3) is 3.17. The highest BCUT2D eigenvalue weighted by Crippen LogP contribution is 2.27. The molecule has 1 aromatic carbocycles. The van der Waals surface area contributed by atoms with Crippen LogP contribution in [0.25, 0.3) is 0 Å². The first-order valence-corrected chi connectivity index (χ1v) is 4.99. The number of carbonyl (C=O) groups is 1. The minimum Gasteiger partial charge on any atom is -0.490 e. The molecule has 92 valence electrons. The number of rotatable bonds is 4. The van der Waals surface area contributed by atoms with Crippen LogP contribution >= 0.6 is 0 Å². The molecule has 0 aliphatic carbocycles. The van der Waals surface area contributed by atoms with Gasteiger partial charge in [0.1, 0.15) is 0 Å². The average molecular weight is 239 g/mol. The van der Waals surface area contributed by atoms with Gasteiger partial charge in [0.2, 0.25) is 0 Å². The number of nitrogens with zero attached hydrogens (tertiary/aromatic N) is 1. The van der Waals surface area contributed by atoms with Crippen LogP contribution in [0.3, 0.4) is 0 Å². The first-order valence-electron chi connectivity index (χ1n) is 4.99. The minimum atomic E-state index is -0.573. The highest BCUT2D eigenvalue weighted by atomic mass is 16.6. The summed E-state index contributed by atoms with van der Waals surface area (Å²) in [5.74, 6) is -0.499. The van der Waals surface area contributed by atoms with E-state index in [0.29, 0.717) is 0 Å². The van der Waals surface area contributed by atoms with Crippen LogP contribution in [0, 0.1) is 10.1 Å².